The van der Waals surface area contributed by atoms with Gasteiger partial charge in [-0.1, -0.05) is 42.5 Å². The second-order valence-electron chi connectivity index (χ2n) is 6.12. The van der Waals surface area contributed by atoms with Crippen molar-refractivity contribution in [3.05, 3.63) is 71.8 Å². The molecule has 2 N–H and O–H groups in total. The first kappa shape index (κ1) is 17.9. The predicted octanol–water partition coefficient (Wildman–Crippen LogP) is 3.25. The minimum atomic E-state index is -0.284. The Labute approximate surface area is 153 Å². The maximum absolute atomic E-state index is 12.4. The number of ether oxygens (including phenoxy) is 1. The molecule has 134 valence electrons. The minimum Gasteiger partial charge on any atom is -0.376 e. The Morgan fingerprint density at radius 2 is 1.85 bits per heavy atom. The predicted molar refractivity (Wildman–Crippen MR) is 102 cm³/mol. The smallest absolute Gasteiger partial charge is 0.253 e. The molecule has 0 saturated carbocycles. The van der Waals surface area contributed by atoms with Crippen molar-refractivity contribution in [2.45, 2.75) is 18.9 Å². The van der Waals surface area contributed by atoms with E-state index in [4.69, 9.17) is 4.74 Å². The van der Waals surface area contributed by atoms with E-state index in [2.05, 4.69) is 10.6 Å². The average molecular weight is 350 g/mol. The largest absolute Gasteiger partial charge is 0.376 e. The average Bonchev–Trinajstić information content (AvgIpc) is 3.19. The fraction of sp³-hybridized carbons (Fsp3) is 0.238. The Bertz CT molecular complexity index is 781. The molecule has 0 aromatic heterocycles. The van der Waals surface area contributed by atoms with Crippen LogP contribution in [-0.4, -0.2) is 31.1 Å². The monoisotopic (exact) mass is 350 g/mol. The second kappa shape index (κ2) is 8.97. The van der Waals surface area contributed by atoms with Gasteiger partial charge in [0.05, 0.1) is 17.4 Å². The van der Waals surface area contributed by atoms with Gasteiger partial charge in [-0.15, -0.1) is 0 Å². The fourth-order valence-electron chi connectivity index (χ4n) is 2.81. The summed E-state index contributed by atoms with van der Waals surface area (Å²) in [7, 11) is 0. The van der Waals surface area contributed by atoms with Gasteiger partial charge in [-0.05, 0) is 36.6 Å². The molecule has 1 heterocycles. The summed E-state index contributed by atoms with van der Waals surface area (Å²) in [6.07, 6.45) is 5.25. The number of hydrogen-bond acceptors (Lipinski definition) is 3. The van der Waals surface area contributed by atoms with Crippen molar-refractivity contribution < 1.29 is 14.3 Å². The number of hydrogen-bond donors (Lipinski definition) is 2. The van der Waals surface area contributed by atoms with Crippen LogP contribution in [0.2, 0.25) is 0 Å². The van der Waals surface area contributed by atoms with Gasteiger partial charge in [-0.3, -0.25) is 9.59 Å². The van der Waals surface area contributed by atoms with E-state index in [1.807, 2.05) is 30.3 Å². The molecule has 2 amide bonds. The van der Waals surface area contributed by atoms with Gasteiger partial charge < -0.3 is 15.4 Å². The van der Waals surface area contributed by atoms with Crippen molar-refractivity contribution in [3.8, 4) is 0 Å². The number of nitrogens with one attached hydrogen (secondary N) is 2. The fourth-order valence-corrected chi connectivity index (χ4v) is 2.81. The molecule has 1 unspecified atom stereocenters. The third-order valence-corrected chi connectivity index (χ3v) is 4.17. The first-order chi connectivity index (χ1) is 12.7. The van der Waals surface area contributed by atoms with Crippen molar-refractivity contribution in [1.82, 2.24) is 5.32 Å². The molecular formula is C21H22N2O3. The lowest BCUT2D eigenvalue weighted by Crippen LogP contribution is -2.32. The number of para-hydroxylation sites is 1. The van der Waals surface area contributed by atoms with E-state index in [0.717, 1.165) is 25.0 Å². The van der Waals surface area contributed by atoms with Crippen LogP contribution in [0.4, 0.5) is 5.69 Å². The van der Waals surface area contributed by atoms with Crippen LogP contribution in [0.5, 0.6) is 0 Å². The SMILES string of the molecule is O=C(C=Cc1ccccc1)Nc1ccccc1C(=O)NCC1CCCO1. The quantitative estimate of drug-likeness (QED) is 0.786. The summed E-state index contributed by atoms with van der Waals surface area (Å²) < 4.78 is 5.51. The maximum Gasteiger partial charge on any atom is 0.253 e. The molecule has 0 spiro atoms. The standard InChI is InChI=1S/C21H22N2O3/c24-20(13-12-16-7-2-1-3-8-16)23-19-11-5-4-10-18(19)21(25)22-15-17-9-6-14-26-17/h1-5,7-8,10-13,17H,6,9,14-15H2,(H,22,25)(H,23,24). The van der Waals surface area contributed by atoms with Crippen LogP contribution in [0.15, 0.2) is 60.7 Å². The van der Waals surface area contributed by atoms with E-state index in [9.17, 15) is 9.59 Å². The molecular weight excluding hydrogens is 328 g/mol. The highest BCUT2D eigenvalue weighted by Crippen LogP contribution is 2.16. The molecule has 1 atom stereocenters. The number of carbonyl (C=O) groups excluding carboxylic acids is 2. The first-order valence-electron chi connectivity index (χ1n) is 8.75. The van der Waals surface area contributed by atoms with Crippen LogP contribution in [0, 0.1) is 0 Å². The van der Waals surface area contributed by atoms with Gasteiger partial charge in [0.1, 0.15) is 0 Å². The van der Waals surface area contributed by atoms with Crippen LogP contribution >= 0.6 is 0 Å². The van der Waals surface area contributed by atoms with E-state index >= 15 is 0 Å². The molecule has 0 bridgehead atoms. The van der Waals surface area contributed by atoms with Gasteiger partial charge in [-0.2, -0.15) is 0 Å². The van der Waals surface area contributed by atoms with Gasteiger partial charge in [0.25, 0.3) is 5.91 Å². The summed E-state index contributed by atoms with van der Waals surface area (Å²) in [5.41, 5.74) is 1.86. The van der Waals surface area contributed by atoms with Crippen LogP contribution in [0.25, 0.3) is 6.08 Å². The number of anilines is 1. The van der Waals surface area contributed by atoms with E-state index in [-0.39, 0.29) is 17.9 Å². The van der Waals surface area contributed by atoms with Crippen LogP contribution in [0.3, 0.4) is 0 Å². The van der Waals surface area contributed by atoms with Gasteiger partial charge in [0, 0.05) is 19.2 Å². The highest BCUT2D eigenvalue weighted by molar-refractivity contribution is 6.07. The molecule has 3 rings (SSSR count). The number of benzene rings is 2. The molecule has 2 aromatic carbocycles. The van der Waals surface area contributed by atoms with Crippen LogP contribution in [-0.2, 0) is 9.53 Å². The first-order valence-corrected chi connectivity index (χ1v) is 8.75. The van der Waals surface area contributed by atoms with Crippen molar-refractivity contribution >= 4 is 23.6 Å². The molecule has 1 aliphatic heterocycles. The molecule has 5 nitrogen and oxygen atoms in total. The van der Waals surface area contributed by atoms with Crippen molar-refractivity contribution in [2.75, 3.05) is 18.5 Å². The van der Waals surface area contributed by atoms with E-state index in [1.54, 1.807) is 30.3 Å². The van der Waals surface area contributed by atoms with Crippen molar-refractivity contribution in [3.63, 3.8) is 0 Å². The van der Waals surface area contributed by atoms with Gasteiger partial charge in [0.2, 0.25) is 5.91 Å². The van der Waals surface area contributed by atoms with Crippen LogP contribution < -0.4 is 10.6 Å². The molecule has 2 aromatic rings. The summed E-state index contributed by atoms with van der Waals surface area (Å²) in [6, 6.07) is 16.5. The van der Waals surface area contributed by atoms with E-state index < -0.39 is 0 Å². The zero-order valence-electron chi connectivity index (χ0n) is 14.5. The lowest BCUT2D eigenvalue weighted by atomic mass is 10.1. The Kier molecular flexibility index (Phi) is 6.17. The Morgan fingerprint density at radius 3 is 2.62 bits per heavy atom. The zero-order chi connectivity index (χ0) is 18.2. The normalized spacial score (nSPS) is 16.5. The van der Waals surface area contributed by atoms with Gasteiger partial charge in [-0.25, -0.2) is 0 Å². The summed E-state index contributed by atoms with van der Waals surface area (Å²) in [5, 5.41) is 5.65. The van der Waals surface area contributed by atoms with E-state index in [0.29, 0.717) is 17.8 Å². The molecule has 26 heavy (non-hydrogen) atoms. The summed E-state index contributed by atoms with van der Waals surface area (Å²) >= 11 is 0. The van der Waals surface area contributed by atoms with Crippen molar-refractivity contribution in [2.24, 2.45) is 0 Å². The molecule has 5 heteroatoms. The summed E-state index contributed by atoms with van der Waals surface area (Å²) in [5.74, 6) is -0.503. The molecule has 0 radical (unpaired) electrons. The van der Waals surface area contributed by atoms with E-state index in [1.165, 1.54) is 6.08 Å². The Morgan fingerprint density at radius 1 is 1.08 bits per heavy atom. The number of carbonyl (C=O) groups is 2. The zero-order valence-corrected chi connectivity index (χ0v) is 14.5. The highest BCUT2D eigenvalue weighted by Gasteiger charge is 2.18. The van der Waals surface area contributed by atoms with Gasteiger partial charge >= 0.3 is 0 Å². The van der Waals surface area contributed by atoms with Crippen LogP contribution in [0.1, 0.15) is 28.8 Å². The molecule has 1 fully saturated rings. The highest BCUT2D eigenvalue weighted by atomic mass is 16.5. The maximum atomic E-state index is 12.4. The third-order valence-electron chi connectivity index (χ3n) is 4.17. The molecule has 0 aliphatic carbocycles. The minimum absolute atomic E-state index is 0.0782. The second-order valence-corrected chi connectivity index (χ2v) is 6.12. The lowest BCUT2D eigenvalue weighted by molar-refractivity contribution is -0.111. The third kappa shape index (κ3) is 5.04. The number of rotatable bonds is 6. The molecule has 1 aliphatic rings. The lowest BCUT2D eigenvalue weighted by Gasteiger charge is -2.13. The Balaban J connectivity index is 1.61. The topological polar surface area (TPSA) is 67.4 Å². The Hall–Kier alpha value is -2.92. The number of amides is 2. The van der Waals surface area contributed by atoms with Gasteiger partial charge in [0.15, 0.2) is 0 Å². The summed E-state index contributed by atoms with van der Waals surface area (Å²) in [6.45, 7) is 1.23. The molecule has 1 saturated heterocycles. The summed E-state index contributed by atoms with van der Waals surface area (Å²) in [4.78, 5) is 24.6. The van der Waals surface area contributed by atoms with Crippen molar-refractivity contribution in [1.29, 1.82) is 0 Å².